The molecule has 6 rings (SSSR count). The molecule has 5 heteroatoms. The number of rotatable bonds is 5. The van der Waals surface area contributed by atoms with Gasteiger partial charge in [0.05, 0.1) is 19.1 Å². The molecule has 1 N–H and O–H groups in total. The highest BCUT2D eigenvalue weighted by molar-refractivity contribution is 6.01. The molecule has 2 aromatic rings. The van der Waals surface area contributed by atoms with Crippen molar-refractivity contribution in [1.82, 2.24) is 10.2 Å². The molecule has 0 aromatic heterocycles. The number of nitrogens with one attached hydrogen (secondary N) is 1. The van der Waals surface area contributed by atoms with Crippen molar-refractivity contribution in [3.8, 4) is 5.75 Å². The number of carbonyl (C=O) groups is 2. The number of amides is 2. The number of carbonyl (C=O) groups excluding carboxylic acids is 2. The highest BCUT2D eigenvalue weighted by Gasteiger charge is 2.50. The van der Waals surface area contributed by atoms with Gasteiger partial charge in [-0.2, -0.15) is 0 Å². The van der Waals surface area contributed by atoms with E-state index in [-0.39, 0.29) is 29.9 Å². The Bertz CT molecular complexity index is 1060. The van der Waals surface area contributed by atoms with Crippen LogP contribution in [-0.4, -0.2) is 35.9 Å². The lowest BCUT2D eigenvalue weighted by Crippen LogP contribution is -2.50. The quantitative estimate of drug-likeness (QED) is 0.763. The first-order valence-corrected chi connectivity index (χ1v) is 12.0. The number of nitrogens with zero attached hydrogens (tertiary/aromatic N) is 1. The van der Waals surface area contributed by atoms with Crippen LogP contribution in [0.2, 0.25) is 0 Å². The molecule has 166 valence electrons. The Balaban J connectivity index is 1.43. The van der Waals surface area contributed by atoms with Crippen LogP contribution >= 0.6 is 0 Å². The molecule has 3 fully saturated rings. The molecule has 4 aliphatic rings. The lowest BCUT2D eigenvalue weighted by atomic mass is 9.78. The molecule has 1 heterocycles. The largest absolute Gasteiger partial charge is 0.497 e. The summed E-state index contributed by atoms with van der Waals surface area (Å²) in [4.78, 5) is 29.6. The van der Waals surface area contributed by atoms with E-state index < -0.39 is 5.92 Å². The van der Waals surface area contributed by atoms with Gasteiger partial charge in [0.25, 0.3) is 5.91 Å². The van der Waals surface area contributed by atoms with E-state index in [0.29, 0.717) is 11.5 Å². The van der Waals surface area contributed by atoms with Gasteiger partial charge in [-0.05, 0) is 73.3 Å². The molecule has 0 unspecified atom stereocenters. The molecule has 32 heavy (non-hydrogen) atoms. The van der Waals surface area contributed by atoms with Crippen LogP contribution in [-0.2, 0) is 4.79 Å². The molecule has 1 aliphatic heterocycles. The monoisotopic (exact) mass is 430 g/mol. The Labute approximate surface area is 189 Å². The first-order valence-electron chi connectivity index (χ1n) is 12.0. The maximum Gasteiger partial charge on any atom is 0.254 e. The topological polar surface area (TPSA) is 58.6 Å². The minimum Gasteiger partial charge on any atom is -0.497 e. The van der Waals surface area contributed by atoms with E-state index in [1.54, 1.807) is 7.11 Å². The van der Waals surface area contributed by atoms with Crippen LogP contribution in [0.15, 0.2) is 48.5 Å². The van der Waals surface area contributed by atoms with Crippen molar-refractivity contribution in [3.05, 3.63) is 65.2 Å². The first kappa shape index (κ1) is 19.8. The Hall–Kier alpha value is -2.82. The first-order chi connectivity index (χ1) is 15.6. The fourth-order valence-corrected chi connectivity index (χ4v) is 6.46. The summed E-state index contributed by atoms with van der Waals surface area (Å²) in [5.74, 6) is 1.80. The van der Waals surface area contributed by atoms with Crippen molar-refractivity contribution in [2.75, 3.05) is 7.11 Å². The summed E-state index contributed by atoms with van der Waals surface area (Å²) in [5, 5.41) is 3.44. The molecule has 0 saturated heterocycles. The summed E-state index contributed by atoms with van der Waals surface area (Å²) in [5.41, 5.74) is 2.49. The maximum atomic E-state index is 13.9. The van der Waals surface area contributed by atoms with Crippen LogP contribution < -0.4 is 10.1 Å². The molecule has 5 atom stereocenters. The number of methoxy groups -OCH3 is 1. The smallest absolute Gasteiger partial charge is 0.254 e. The van der Waals surface area contributed by atoms with Crippen LogP contribution in [0.25, 0.3) is 0 Å². The molecular formula is C27H30N2O3. The van der Waals surface area contributed by atoms with Crippen LogP contribution in [0.1, 0.15) is 72.0 Å². The van der Waals surface area contributed by atoms with Gasteiger partial charge in [-0.1, -0.05) is 36.8 Å². The third-order valence-corrected chi connectivity index (χ3v) is 8.10. The summed E-state index contributed by atoms with van der Waals surface area (Å²) in [7, 11) is 1.65. The number of benzene rings is 2. The number of fused-ring (bicyclic) bond motifs is 3. The summed E-state index contributed by atoms with van der Waals surface area (Å²) in [6.45, 7) is 0. The van der Waals surface area contributed by atoms with Gasteiger partial charge in [-0.15, -0.1) is 0 Å². The van der Waals surface area contributed by atoms with Gasteiger partial charge < -0.3 is 15.0 Å². The van der Waals surface area contributed by atoms with E-state index in [1.807, 2.05) is 53.4 Å². The second-order valence-electron chi connectivity index (χ2n) is 10.0. The second-order valence-corrected chi connectivity index (χ2v) is 10.0. The summed E-state index contributed by atoms with van der Waals surface area (Å²) < 4.78 is 5.49. The van der Waals surface area contributed by atoms with Crippen LogP contribution in [0.3, 0.4) is 0 Å². The second kappa shape index (κ2) is 7.65. The molecule has 0 radical (unpaired) electrons. The number of hydrogen-bond acceptors (Lipinski definition) is 3. The zero-order chi connectivity index (χ0) is 21.8. The van der Waals surface area contributed by atoms with Crippen LogP contribution in [0.5, 0.6) is 5.75 Å². The number of hydrogen-bond donors (Lipinski definition) is 1. The SMILES string of the molecule is COc1cccc([C@@H]2[C@H](C(=O)N[C@@H]3C[C@H]4CC[C@H]3C4)c3ccccc3C(=O)N2C2CC2)c1. The molecule has 2 bridgehead atoms. The van der Waals surface area contributed by atoms with E-state index >= 15 is 0 Å². The molecule has 5 nitrogen and oxygen atoms in total. The lowest BCUT2D eigenvalue weighted by Gasteiger charge is -2.42. The predicted octanol–water partition coefficient (Wildman–Crippen LogP) is 4.44. The third kappa shape index (κ3) is 3.21. The molecule has 0 spiro atoms. The van der Waals surface area contributed by atoms with Gasteiger partial charge in [-0.3, -0.25) is 9.59 Å². The van der Waals surface area contributed by atoms with Crippen molar-refractivity contribution < 1.29 is 14.3 Å². The van der Waals surface area contributed by atoms with Crippen molar-refractivity contribution in [2.45, 2.75) is 62.6 Å². The predicted molar refractivity (Wildman–Crippen MR) is 121 cm³/mol. The summed E-state index contributed by atoms with van der Waals surface area (Å²) in [6, 6.07) is 15.7. The van der Waals surface area contributed by atoms with E-state index in [9.17, 15) is 9.59 Å². The van der Waals surface area contributed by atoms with Crippen LogP contribution in [0, 0.1) is 11.8 Å². The van der Waals surface area contributed by atoms with Gasteiger partial charge in [-0.25, -0.2) is 0 Å². The standard InChI is InChI=1S/C27H30N2O3/c1-32-20-6-4-5-18(15-20)25-24(26(30)28-23-14-16-9-10-17(23)13-16)21-7-2-3-8-22(21)27(31)29(25)19-11-12-19/h2-8,15-17,19,23-25H,9-14H2,1H3,(H,28,30)/t16-,17-,23+,24+,25+/m0/s1. The van der Waals surface area contributed by atoms with E-state index in [0.717, 1.165) is 42.1 Å². The van der Waals surface area contributed by atoms with Gasteiger partial charge in [0.2, 0.25) is 5.91 Å². The van der Waals surface area contributed by atoms with E-state index in [1.165, 1.54) is 19.3 Å². The third-order valence-electron chi connectivity index (χ3n) is 8.10. The average Bonchev–Trinajstić information content (AvgIpc) is 3.44. The molecule has 2 amide bonds. The van der Waals surface area contributed by atoms with Gasteiger partial charge in [0.1, 0.15) is 5.75 Å². The lowest BCUT2D eigenvalue weighted by molar-refractivity contribution is -0.125. The van der Waals surface area contributed by atoms with Crippen molar-refractivity contribution >= 4 is 11.8 Å². The Morgan fingerprint density at radius 1 is 1.03 bits per heavy atom. The fraction of sp³-hybridized carbons (Fsp3) is 0.481. The van der Waals surface area contributed by atoms with E-state index in [2.05, 4.69) is 5.32 Å². The Morgan fingerprint density at radius 3 is 2.59 bits per heavy atom. The Morgan fingerprint density at radius 2 is 1.88 bits per heavy atom. The minimum absolute atomic E-state index is 0.0416. The Kier molecular flexibility index (Phi) is 4.74. The van der Waals surface area contributed by atoms with Crippen LogP contribution in [0.4, 0.5) is 0 Å². The molecule has 3 saturated carbocycles. The summed E-state index contributed by atoms with van der Waals surface area (Å²) >= 11 is 0. The molecular weight excluding hydrogens is 400 g/mol. The molecule has 3 aliphatic carbocycles. The van der Waals surface area contributed by atoms with Crippen molar-refractivity contribution in [3.63, 3.8) is 0 Å². The fourth-order valence-electron chi connectivity index (χ4n) is 6.46. The van der Waals surface area contributed by atoms with Gasteiger partial charge in [0, 0.05) is 17.6 Å². The minimum atomic E-state index is -0.421. The normalized spacial score (nSPS) is 30.8. The van der Waals surface area contributed by atoms with Crippen molar-refractivity contribution in [1.29, 1.82) is 0 Å². The average molecular weight is 431 g/mol. The highest BCUT2D eigenvalue weighted by Crippen LogP contribution is 2.49. The van der Waals surface area contributed by atoms with Crippen molar-refractivity contribution in [2.24, 2.45) is 11.8 Å². The van der Waals surface area contributed by atoms with Gasteiger partial charge in [0.15, 0.2) is 0 Å². The maximum absolute atomic E-state index is 13.9. The van der Waals surface area contributed by atoms with E-state index in [4.69, 9.17) is 4.74 Å². The summed E-state index contributed by atoms with van der Waals surface area (Å²) in [6.07, 6.45) is 6.87. The zero-order valence-corrected chi connectivity index (χ0v) is 18.5. The zero-order valence-electron chi connectivity index (χ0n) is 18.5. The molecule has 2 aromatic carbocycles. The van der Waals surface area contributed by atoms with Gasteiger partial charge >= 0.3 is 0 Å². The highest BCUT2D eigenvalue weighted by atomic mass is 16.5. The number of ether oxygens (including phenoxy) is 1.